The Labute approximate surface area is 169 Å². The molecule has 0 aromatic carbocycles. The number of fused-ring (bicyclic) bond motifs is 1. The molecular formula is C16H24IN9. The highest BCUT2D eigenvalue weighted by Gasteiger charge is 2.10. The second-order valence-electron chi connectivity index (χ2n) is 5.69. The van der Waals surface area contributed by atoms with Gasteiger partial charge < -0.3 is 10.2 Å². The van der Waals surface area contributed by atoms with E-state index in [1.807, 2.05) is 47.8 Å². The van der Waals surface area contributed by atoms with E-state index in [0.29, 0.717) is 13.1 Å². The van der Waals surface area contributed by atoms with Gasteiger partial charge in [0.15, 0.2) is 11.6 Å². The van der Waals surface area contributed by atoms with E-state index in [-0.39, 0.29) is 24.0 Å². The first-order chi connectivity index (χ1) is 12.2. The number of rotatable bonds is 6. The molecule has 0 radical (unpaired) electrons. The fourth-order valence-corrected chi connectivity index (χ4v) is 2.54. The number of nitrogens with one attached hydrogen (secondary N) is 1. The zero-order valence-electron chi connectivity index (χ0n) is 15.2. The van der Waals surface area contributed by atoms with Crippen LogP contribution in [0.2, 0.25) is 0 Å². The highest BCUT2D eigenvalue weighted by Crippen LogP contribution is 2.04. The predicted molar refractivity (Wildman–Crippen MR) is 111 cm³/mol. The summed E-state index contributed by atoms with van der Waals surface area (Å²) in [6.07, 6.45) is 4.25. The normalized spacial score (nSPS) is 11.4. The van der Waals surface area contributed by atoms with Crippen molar-refractivity contribution >= 4 is 35.6 Å². The van der Waals surface area contributed by atoms with Crippen molar-refractivity contribution < 1.29 is 0 Å². The lowest BCUT2D eigenvalue weighted by molar-refractivity contribution is 0.448. The smallest absolute Gasteiger partial charge is 0.194 e. The molecule has 26 heavy (non-hydrogen) atoms. The van der Waals surface area contributed by atoms with E-state index in [0.717, 1.165) is 36.2 Å². The molecule has 0 bridgehead atoms. The standard InChI is InChI=1S/C16H23N9.HI/c1-4-17-16(23(2)11-15-19-12-20-24(15)3)18-9-8-14-22-21-13-7-5-6-10-25(13)14;/h5-7,10,12H,4,8-9,11H2,1-3H3,(H,17,18);1H. The van der Waals surface area contributed by atoms with Gasteiger partial charge in [-0.1, -0.05) is 6.07 Å². The Kier molecular flexibility index (Phi) is 7.30. The number of pyridine rings is 1. The molecule has 140 valence electrons. The number of guanidine groups is 1. The largest absolute Gasteiger partial charge is 0.357 e. The number of hydrogen-bond acceptors (Lipinski definition) is 5. The van der Waals surface area contributed by atoms with Crippen LogP contribution in [-0.2, 0) is 20.0 Å². The minimum atomic E-state index is 0. The second-order valence-corrected chi connectivity index (χ2v) is 5.69. The molecule has 3 heterocycles. The van der Waals surface area contributed by atoms with Gasteiger partial charge in [0, 0.05) is 39.8 Å². The summed E-state index contributed by atoms with van der Waals surface area (Å²) in [6, 6.07) is 5.87. The Morgan fingerprint density at radius 2 is 2.12 bits per heavy atom. The van der Waals surface area contributed by atoms with Crippen LogP contribution >= 0.6 is 24.0 Å². The van der Waals surface area contributed by atoms with Crippen LogP contribution in [0, 0.1) is 0 Å². The van der Waals surface area contributed by atoms with Crippen molar-refractivity contribution in [3.05, 3.63) is 42.4 Å². The summed E-state index contributed by atoms with van der Waals surface area (Å²) in [7, 11) is 3.87. The Bertz CT molecular complexity index is 854. The number of hydrogen-bond donors (Lipinski definition) is 1. The van der Waals surface area contributed by atoms with Crippen molar-refractivity contribution in [2.75, 3.05) is 20.1 Å². The summed E-state index contributed by atoms with van der Waals surface area (Å²) in [4.78, 5) is 11.0. The third-order valence-electron chi connectivity index (χ3n) is 3.86. The van der Waals surface area contributed by atoms with Crippen LogP contribution < -0.4 is 5.32 Å². The first-order valence-corrected chi connectivity index (χ1v) is 8.30. The van der Waals surface area contributed by atoms with E-state index in [1.165, 1.54) is 0 Å². The van der Waals surface area contributed by atoms with Crippen molar-refractivity contribution in [3.8, 4) is 0 Å². The van der Waals surface area contributed by atoms with Crippen LogP contribution in [0.5, 0.6) is 0 Å². The molecule has 0 aliphatic rings. The van der Waals surface area contributed by atoms with Gasteiger partial charge in [0.1, 0.15) is 18.0 Å². The first kappa shape index (κ1) is 20.1. The topological polar surface area (TPSA) is 88.5 Å². The molecule has 10 heteroatoms. The highest BCUT2D eigenvalue weighted by atomic mass is 127. The summed E-state index contributed by atoms with van der Waals surface area (Å²) in [5.41, 5.74) is 0.854. The highest BCUT2D eigenvalue weighted by molar-refractivity contribution is 14.0. The monoisotopic (exact) mass is 469 g/mol. The zero-order chi connectivity index (χ0) is 17.6. The van der Waals surface area contributed by atoms with Gasteiger partial charge in [0.05, 0.1) is 6.54 Å². The van der Waals surface area contributed by atoms with E-state index in [4.69, 9.17) is 4.99 Å². The van der Waals surface area contributed by atoms with Gasteiger partial charge >= 0.3 is 0 Å². The van der Waals surface area contributed by atoms with Crippen LogP contribution in [0.3, 0.4) is 0 Å². The summed E-state index contributed by atoms with van der Waals surface area (Å²) in [5, 5.41) is 15.8. The van der Waals surface area contributed by atoms with Gasteiger partial charge in [-0.2, -0.15) is 5.10 Å². The Balaban J connectivity index is 0.00000243. The van der Waals surface area contributed by atoms with Gasteiger partial charge in [-0.25, -0.2) is 4.98 Å². The van der Waals surface area contributed by atoms with Crippen LogP contribution in [0.4, 0.5) is 0 Å². The molecule has 0 amide bonds. The van der Waals surface area contributed by atoms with Gasteiger partial charge in [0.25, 0.3) is 0 Å². The molecule has 1 N–H and O–H groups in total. The van der Waals surface area contributed by atoms with Crippen molar-refractivity contribution in [2.45, 2.75) is 19.9 Å². The molecule has 0 aliphatic heterocycles. The molecule has 0 saturated heterocycles. The van der Waals surface area contributed by atoms with Crippen LogP contribution in [-0.4, -0.2) is 60.4 Å². The molecular weight excluding hydrogens is 445 g/mol. The number of aliphatic imine (C=N–C) groups is 1. The van der Waals surface area contributed by atoms with Gasteiger partial charge in [0.2, 0.25) is 0 Å². The molecule has 0 atom stereocenters. The maximum Gasteiger partial charge on any atom is 0.194 e. The Morgan fingerprint density at radius 3 is 2.85 bits per heavy atom. The van der Waals surface area contributed by atoms with Crippen molar-refractivity contribution in [1.29, 1.82) is 0 Å². The fourth-order valence-electron chi connectivity index (χ4n) is 2.54. The van der Waals surface area contributed by atoms with Crippen molar-refractivity contribution in [1.82, 2.24) is 39.6 Å². The molecule has 0 spiro atoms. The summed E-state index contributed by atoms with van der Waals surface area (Å²) in [5.74, 6) is 2.63. The second kappa shape index (κ2) is 9.46. The zero-order valence-corrected chi connectivity index (χ0v) is 17.5. The number of halogens is 1. The maximum absolute atomic E-state index is 4.70. The quantitative estimate of drug-likeness (QED) is 0.331. The van der Waals surface area contributed by atoms with Crippen molar-refractivity contribution in [3.63, 3.8) is 0 Å². The van der Waals surface area contributed by atoms with E-state index in [1.54, 1.807) is 11.0 Å². The number of aromatic nitrogens is 6. The van der Waals surface area contributed by atoms with E-state index in [2.05, 4.69) is 32.5 Å². The van der Waals surface area contributed by atoms with Gasteiger partial charge in [-0.3, -0.25) is 14.1 Å². The molecule has 0 fully saturated rings. The third kappa shape index (κ3) is 4.68. The van der Waals surface area contributed by atoms with Gasteiger partial charge in [-0.05, 0) is 19.1 Å². The van der Waals surface area contributed by atoms with Crippen molar-refractivity contribution in [2.24, 2.45) is 12.0 Å². The molecule has 3 aromatic rings. The lowest BCUT2D eigenvalue weighted by Crippen LogP contribution is -2.39. The average Bonchev–Trinajstić information content (AvgIpc) is 3.21. The molecule has 0 unspecified atom stereocenters. The SMILES string of the molecule is CCNC(=NCCc1nnc2ccccn12)N(C)Cc1ncnn1C.I. The van der Waals surface area contributed by atoms with Crippen LogP contribution in [0.25, 0.3) is 5.65 Å². The minimum Gasteiger partial charge on any atom is -0.357 e. The Morgan fingerprint density at radius 1 is 1.27 bits per heavy atom. The first-order valence-electron chi connectivity index (χ1n) is 8.30. The fraction of sp³-hybridized carbons (Fsp3) is 0.438. The minimum absolute atomic E-state index is 0. The molecule has 0 aliphatic carbocycles. The average molecular weight is 469 g/mol. The summed E-state index contributed by atoms with van der Waals surface area (Å²) < 4.78 is 3.76. The molecule has 3 aromatic heterocycles. The molecule has 9 nitrogen and oxygen atoms in total. The third-order valence-corrected chi connectivity index (χ3v) is 3.86. The summed E-state index contributed by atoms with van der Waals surface area (Å²) >= 11 is 0. The predicted octanol–water partition coefficient (Wildman–Crippen LogP) is 1.12. The van der Waals surface area contributed by atoms with Crippen LogP contribution in [0.15, 0.2) is 35.7 Å². The van der Waals surface area contributed by atoms with Crippen LogP contribution in [0.1, 0.15) is 18.6 Å². The van der Waals surface area contributed by atoms with E-state index >= 15 is 0 Å². The van der Waals surface area contributed by atoms with E-state index < -0.39 is 0 Å². The molecule has 0 saturated carbocycles. The maximum atomic E-state index is 4.70. The lowest BCUT2D eigenvalue weighted by Gasteiger charge is -2.21. The lowest BCUT2D eigenvalue weighted by atomic mass is 10.4. The van der Waals surface area contributed by atoms with Gasteiger partial charge in [-0.15, -0.1) is 34.2 Å². The molecule has 3 rings (SSSR count). The summed E-state index contributed by atoms with van der Waals surface area (Å²) in [6.45, 7) is 4.12. The van der Waals surface area contributed by atoms with E-state index in [9.17, 15) is 0 Å². The number of aryl methyl sites for hydroxylation is 1. The Hall–Kier alpha value is -2.24. The number of nitrogens with zero attached hydrogens (tertiary/aromatic N) is 8.